The van der Waals surface area contributed by atoms with Crippen molar-refractivity contribution in [3.63, 3.8) is 0 Å². The van der Waals surface area contributed by atoms with Crippen molar-refractivity contribution in [2.24, 2.45) is 10.8 Å². The van der Waals surface area contributed by atoms with Crippen molar-refractivity contribution in [1.29, 1.82) is 0 Å². The topological polar surface area (TPSA) is 104 Å². The number of fused-ring (bicyclic) bond motifs is 1. The monoisotopic (exact) mass is 689 g/mol. The maximum Gasteiger partial charge on any atom is 0.335 e. The van der Waals surface area contributed by atoms with Crippen LogP contribution in [0.4, 0.5) is 4.79 Å². The fourth-order valence-corrected chi connectivity index (χ4v) is 6.80. The van der Waals surface area contributed by atoms with Crippen LogP contribution in [-0.2, 0) is 6.54 Å². The summed E-state index contributed by atoms with van der Waals surface area (Å²) >= 11 is 3.64. The van der Waals surface area contributed by atoms with Gasteiger partial charge in [0.2, 0.25) is 5.75 Å². The summed E-state index contributed by atoms with van der Waals surface area (Å²) in [6, 6.07) is 17.1. The lowest BCUT2D eigenvalue weighted by molar-refractivity contribution is 0.183. The summed E-state index contributed by atoms with van der Waals surface area (Å²) in [5.74, 6) is 2.38. The van der Waals surface area contributed by atoms with Crippen LogP contribution in [0, 0.1) is 0 Å². The highest BCUT2D eigenvalue weighted by atomic mass is 79.9. The number of primary amides is 1. The van der Waals surface area contributed by atoms with Crippen LogP contribution in [0.25, 0.3) is 10.9 Å². The van der Waals surface area contributed by atoms with Gasteiger partial charge in [-0.15, -0.1) is 0 Å². The van der Waals surface area contributed by atoms with Crippen LogP contribution < -0.4 is 24.7 Å². The SMILES string of the molecule is COc1cc(C2=NN(C(N)=O)C(c3cn(Cc4ccc(OCCN5CCCCC5)cc4)c4ccc(Br)cc34)C2)cc(OC)c1OC. The fourth-order valence-electron chi connectivity index (χ4n) is 6.43. The number of carbonyl (C=O) groups is 1. The summed E-state index contributed by atoms with van der Waals surface area (Å²) in [4.78, 5) is 15.2. The minimum Gasteiger partial charge on any atom is -0.493 e. The summed E-state index contributed by atoms with van der Waals surface area (Å²) in [6.45, 7) is 4.64. The largest absolute Gasteiger partial charge is 0.493 e. The van der Waals surface area contributed by atoms with E-state index in [4.69, 9.17) is 29.8 Å². The Morgan fingerprint density at radius 1 is 0.957 bits per heavy atom. The molecule has 0 aliphatic carbocycles. The third kappa shape index (κ3) is 6.66. The summed E-state index contributed by atoms with van der Waals surface area (Å²) in [6.07, 6.45) is 6.46. The van der Waals surface area contributed by atoms with Crippen molar-refractivity contribution in [3.05, 3.63) is 82.0 Å². The Balaban J connectivity index is 1.25. The molecular formula is C35H40BrN5O5. The number of aromatic nitrogens is 1. The summed E-state index contributed by atoms with van der Waals surface area (Å²) < 4.78 is 25.8. The van der Waals surface area contributed by atoms with Crippen LogP contribution in [0.3, 0.4) is 0 Å². The fraction of sp³-hybridized carbons (Fsp3) is 0.371. The Labute approximate surface area is 277 Å². The van der Waals surface area contributed by atoms with Gasteiger partial charge in [-0.2, -0.15) is 5.10 Å². The number of amides is 2. The predicted octanol–water partition coefficient (Wildman–Crippen LogP) is 6.57. The number of hydrogen-bond donors (Lipinski definition) is 1. The van der Waals surface area contributed by atoms with Gasteiger partial charge in [-0.05, 0) is 74.0 Å². The molecule has 242 valence electrons. The van der Waals surface area contributed by atoms with Crippen molar-refractivity contribution in [1.82, 2.24) is 14.5 Å². The first-order valence-corrected chi connectivity index (χ1v) is 16.4. The number of benzene rings is 3. The highest BCUT2D eigenvalue weighted by Crippen LogP contribution is 2.42. The average Bonchev–Trinajstić information content (AvgIpc) is 3.67. The van der Waals surface area contributed by atoms with Gasteiger partial charge in [0, 0.05) is 52.2 Å². The molecule has 6 rings (SSSR count). The summed E-state index contributed by atoms with van der Waals surface area (Å²) in [5.41, 5.74) is 10.5. The molecule has 0 radical (unpaired) electrons. The third-order valence-corrected chi connectivity index (χ3v) is 9.26. The number of hydrogen-bond acceptors (Lipinski definition) is 7. The zero-order chi connectivity index (χ0) is 32.2. The molecule has 1 saturated heterocycles. The molecule has 1 aromatic heterocycles. The quantitative estimate of drug-likeness (QED) is 0.191. The molecule has 46 heavy (non-hydrogen) atoms. The molecule has 2 aliphatic rings. The summed E-state index contributed by atoms with van der Waals surface area (Å²) in [7, 11) is 4.70. The van der Waals surface area contributed by atoms with E-state index in [2.05, 4.69) is 55.9 Å². The number of nitrogens with zero attached hydrogens (tertiary/aromatic N) is 4. The van der Waals surface area contributed by atoms with Gasteiger partial charge in [0.15, 0.2) is 11.5 Å². The van der Waals surface area contributed by atoms with Crippen LogP contribution in [0.5, 0.6) is 23.0 Å². The summed E-state index contributed by atoms with van der Waals surface area (Å²) in [5, 5.41) is 7.08. The van der Waals surface area contributed by atoms with Gasteiger partial charge in [-0.1, -0.05) is 34.5 Å². The number of likely N-dealkylation sites (tertiary alicyclic amines) is 1. The first-order chi connectivity index (χ1) is 22.4. The second kappa shape index (κ2) is 14.0. The highest BCUT2D eigenvalue weighted by Gasteiger charge is 2.35. The van der Waals surface area contributed by atoms with Crippen LogP contribution in [0.1, 0.15) is 48.4 Å². The van der Waals surface area contributed by atoms with Gasteiger partial charge in [0.25, 0.3) is 0 Å². The van der Waals surface area contributed by atoms with E-state index in [0.717, 1.165) is 44.4 Å². The number of carbonyl (C=O) groups excluding carboxylic acids is 1. The maximum absolute atomic E-state index is 12.7. The molecule has 1 fully saturated rings. The minimum atomic E-state index is -0.626. The van der Waals surface area contributed by atoms with Crippen molar-refractivity contribution in [2.75, 3.05) is 47.6 Å². The van der Waals surface area contributed by atoms with E-state index in [1.807, 2.05) is 30.3 Å². The molecule has 0 spiro atoms. The minimum absolute atomic E-state index is 0.402. The lowest BCUT2D eigenvalue weighted by Crippen LogP contribution is -2.33. The van der Waals surface area contributed by atoms with E-state index in [1.54, 1.807) is 21.3 Å². The molecule has 0 bridgehead atoms. The number of hydrazone groups is 1. The van der Waals surface area contributed by atoms with E-state index in [1.165, 1.54) is 37.4 Å². The Morgan fingerprint density at radius 2 is 1.67 bits per heavy atom. The van der Waals surface area contributed by atoms with Gasteiger partial charge in [-0.25, -0.2) is 9.80 Å². The van der Waals surface area contributed by atoms with E-state index in [-0.39, 0.29) is 0 Å². The molecule has 3 heterocycles. The van der Waals surface area contributed by atoms with E-state index in [9.17, 15) is 4.79 Å². The smallest absolute Gasteiger partial charge is 0.335 e. The zero-order valence-corrected chi connectivity index (χ0v) is 28.1. The van der Waals surface area contributed by atoms with Crippen LogP contribution in [0.2, 0.25) is 0 Å². The van der Waals surface area contributed by atoms with Crippen LogP contribution in [0.15, 0.2) is 70.4 Å². The Bertz CT molecular complexity index is 1710. The number of urea groups is 1. The molecule has 0 saturated carbocycles. The molecule has 2 N–H and O–H groups in total. The number of piperidine rings is 1. The molecule has 10 nitrogen and oxygen atoms in total. The van der Waals surface area contributed by atoms with Crippen LogP contribution in [-0.4, -0.2) is 73.8 Å². The van der Waals surface area contributed by atoms with Gasteiger partial charge in [0.1, 0.15) is 12.4 Å². The Kier molecular flexibility index (Phi) is 9.70. The average molecular weight is 691 g/mol. The number of halogens is 1. The Morgan fingerprint density at radius 3 is 2.33 bits per heavy atom. The first kappa shape index (κ1) is 31.7. The van der Waals surface area contributed by atoms with Gasteiger partial charge in [0.05, 0.1) is 33.1 Å². The Hall–Kier alpha value is -4.22. The number of rotatable bonds is 11. The highest BCUT2D eigenvalue weighted by molar-refractivity contribution is 9.10. The van der Waals surface area contributed by atoms with Gasteiger partial charge >= 0.3 is 6.03 Å². The molecule has 2 aliphatic heterocycles. The second-order valence-electron chi connectivity index (χ2n) is 11.6. The van der Waals surface area contributed by atoms with Crippen molar-refractivity contribution >= 4 is 38.6 Å². The lowest BCUT2D eigenvalue weighted by atomic mass is 9.97. The second-order valence-corrected chi connectivity index (χ2v) is 12.5. The third-order valence-electron chi connectivity index (χ3n) is 8.77. The number of nitrogens with two attached hydrogens (primary N) is 1. The van der Waals surface area contributed by atoms with Crippen molar-refractivity contribution in [3.8, 4) is 23.0 Å². The standard InChI is InChI=1S/C35H40BrN5O5/c1-43-32-17-24(18-33(44-2)34(32)45-3)29-20-31(41(38-29)35(37)42)28-22-40(30-12-9-25(36)19-27(28)30)21-23-7-10-26(11-8-23)46-16-15-39-13-5-4-6-14-39/h7-12,17-19,22,31H,4-6,13-16,20-21H2,1-3H3,(H2,37,42). The molecule has 2 amide bonds. The molecule has 3 aromatic carbocycles. The van der Waals surface area contributed by atoms with Crippen molar-refractivity contribution < 1.29 is 23.7 Å². The molecular weight excluding hydrogens is 650 g/mol. The van der Waals surface area contributed by atoms with Crippen molar-refractivity contribution in [2.45, 2.75) is 38.3 Å². The molecule has 4 aromatic rings. The van der Waals surface area contributed by atoms with E-state index >= 15 is 0 Å². The zero-order valence-electron chi connectivity index (χ0n) is 26.5. The maximum atomic E-state index is 12.7. The lowest BCUT2D eigenvalue weighted by Gasteiger charge is -2.26. The van der Waals surface area contributed by atoms with Gasteiger partial charge < -0.3 is 29.2 Å². The first-order valence-electron chi connectivity index (χ1n) is 15.6. The van der Waals surface area contributed by atoms with Crippen LogP contribution >= 0.6 is 15.9 Å². The molecule has 1 unspecified atom stereocenters. The number of methoxy groups -OCH3 is 3. The van der Waals surface area contributed by atoms with E-state index < -0.39 is 12.1 Å². The normalized spacial score (nSPS) is 16.8. The predicted molar refractivity (Wildman–Crippen MR) is 182 cm³/mol. The molecule has 1 atom stereocenters. The van der Waals surface area contributed by atoms with Gasteiger partial charge in [-0.3, -0.25) is 4.90 Å². The molecule has 11 heteroatoms. The number of ether oxygens (including phenoxy) is 4. The van der Waals surface area contributed by atoms with E-state index in [0.29, 0.717) is 42.5 Å².